The number of carbonyl (C=O) groups is 1. The number of nitriles is 1. The van der Waals surface area contributed by atoms with Gasteiger partial charge in [0, 0.05) is 0 Å². The van der Waals surface area contributed by atoms with E-state index in [0.29, 0.717) is 6.54 Å². The number of anilines is 1. The number of likely N-dealkylation sites (N-methyl/N-ethyl adjacent to an activating group) is 1. The van der Waals surface area contributed by atoms with E-state index in [4.69, 9.17) is 5.26 Å². The van der Waals surface area contributed by atoms with Crippen LogP contribution in [0.3, 0.4) is 0 Å². The monoisotopic (exact) mass is 221 g/mol. The molecule has 0 unspecified atom stereocenters. The summed E-state index contributed by atoms with van der Waals surface area (Å²) < 4.78 is 13.2. The molecule has 84 valence electrons. The van der Waals surface area contributed by atoms with Crippen LogP contribution in [0.15, 0.2) is 18.2 Å². The molecule has 0 spiro atoms. The van der Waals surface area contributed by atoms with Crippen molar-refractivity contribution in [3.8, 4) is 6.07 Å². The van der Waals surface area contributed by atoms with E-state index in [9.17, 15) is 9.18 Å². The van der Waals surface area contributed by atoms with Crippen molar-refractivity contribution in [2.24, 2.45) is 0 Å². The molecule has 0 saturated carbocycles. The number of nitrogens with one attached hydrogen (secondary N) is 2. The van der Waals surface area contributed by atoms with Crippen LogP contribution in [-0.4, -0.2) is 19.0 Å². The van der Waals surface area contributed by atoms with E-state index < -0.39 is 5.82 Å². The van der Waals surface area contributed by atoms with Crippen LogP contribution in [0.1, 0.15) is 12.5 Å². The van der Waals surface area contributed by atoms with Crippen LogP contribution in [-0.2, 0) is 4.79 Å². The van der Waals surface area contributed by atoms with Crippen molar-refractivity contribution in [2.45, 2.75) is 6.92 Å². The molecule has 1 amide bonds. The highest BCUT2D eigenvalue weighted by Crippen LogP contribution is 2.17. The molecular formula is C11H12FN3O. The SMILES string of the molecule is CCNCC(=O)Nc1cccc(F)c1C#N. The summed E-state index contributed by atoms with van der Waals surface area (Å²) in [6.45, 7) is 2.68. The Hall–Kier alpha value is -1.93. The van der Waals surface area contributed by atoms with E-state index in [-0.39, 0.29) is 23.7 Å². The van der Waals surface area contributed by atoms with Crippen LogP contribution < -0.4 is 10.6 Å². The Morgan fingerprint density at radius 2 is 2.31 bits per heavy atom. The third-order valence-electron chi connectivity index (χ3n) is 1.94. The zero-order chi connectivity index (χ0) is 12.0. The second kappa shape index (κ2) is 5.83. The Labute approximate surface area is 93.1 Å². The van der Waals surface area contributed by atoms with Crippen molar-refractivity contribution < 1.29 is 9.18 Å². The molecule has 0 fully saturated rings. The molecule has 0 aliphatic heterocycles. The molecule has 0 aliphatic carbocycles. The van der Waals surface area contributed by atoms with Gasteiger partial charge >= 0.3 is 0 Å². The summed E-state index contributed by atoms with van der Waals surface area (Å²) in [5.41, 5.74) is 0.0535. The lowest BCUT2D eigenvalue weighted by Gasteiger charge is -2.07. The maximum Gasteiger partial charge on any atom is 0.238 e. The molecule has 1 aromatic carbocycles. The smallest absolute Gasteiger partial charge is 0.238 e. The van der Waals surface area contributed by atoms with Gasteiger partial charge in [-0.15, -0.1) is 0 Å². The first kappa shape index (κ1) is 12.1. The number of hydrogen-bond acceptors (Lipinski definition) is 3. The summed E-state index contributed by atoms with van der Waals surface area (Å²) in [7, 11) is 0. The van der Waals surface area contributed by atoms with Gasteiger partial charge in [0.1, 0.15) is 17.4 Å². The maximum atomic E-state index is 13.2. The van der Waals surface area contributed by atoms with Crippen LogP contribution in [0.5, 0.6) is 0 Å². The molecule has 4 nitrogen and oxygen atoms in total. The van der Waals surface area contributed by atoms with Gasteiger partial charge in [0.05, 0.1) is 12.2 Å². The normalized spacial score (nSPS) is 9.56. The zero-order valence-electron chi connectivity index (χ0n) is 8.88. The predicted octanol–water partition coefficient (Wildman–Crippen LogP) is 1.25. The number of amides is 1. The Balaban J connectivity index is 2.78. The number of benzene rings is 1. The molecule has 0 bridgehead atoms. The molecule has 5 heteroatoms. The van der Waals surface area contributed by atoms with Crippen molar-refractivity contribution >= 4 is 11.6 Å². The predicted molar refractivity (Wildman–Crippen MR) is 58.3 cm³/mol. The highest BCUT2D eigenvalue weighted by molar-refractivity contribution is 5.93. The summed E-state index contributed by atoms with van der Waals surface area (Å²) in [5, 5.41) is 14.0. The molecule has 1 aromatic rings. The Morgan fingerprint density at radius 3 is 2.94 bits per heavy atom. The summed E-state index contributed by atoms with van der Waals surface area (Å²) in [4.78, 5) is 11.3. The first-order chi connectivity index (χ1) is 7.69. The van der Waals surface area contributed by atoms with Crippen LogP contribution in [0.4, 0.5) is 10.1 Å². The third kappa shape index (κ3) is 3.04. The minimum atomic E-state index is -0.635. The lowest BCUT2D eigenvalue weighted by atomic mass is 10.2. The van der Waals surface area contributed by atoms with E-state index >= 15 is 0 Å². The van der Waals surface area contributed by atoms with Crippen LogP contribution in [0.2, 0.25) is 0 Å². The molecular weight excluding hydrogens is 209 g/mol. The van der Waals surface area contributed by atoms with E-state index in [1.807, 2.05) is 6.92 Å². The summed E-state index contributed by atoms with van der Waals surface area (Å²) in [6.07, 6.45) is 0. The van der Waals surface area contributed by atoms with Gasteiger partial charge in [-0.25, -0.2) is 4.39 Å². The van der Waals surface area contributed by atoms with Crippen molar-refractivity contribution in [3.63, 3.8) is 0 Å². The van der Waals surface area contributed by atoms with Crippen molar-refractivity contribution in [1.29, 1.82) is 5.26 Å². The van der Waals surface area contributed by atoms with E-state index in [2.05, 4.69) is 10.6 Å². The number of rotatable bonds is 4. The molecule has 1 rings (SSSR count). The van der Waals surface area contributed by atoms with Gasteiger partial charge in [0.2, 0.25) is 5.91 Å². The number of halogens is 1. The van der Waals surface area contributed by atoms with Crippen LogP contribution >= 0.6 is 0 Å². The number of nitrogens with zero attached hydrogens (tertiary/aromatic N) is 1. The minimum absolute atomic E-state index is 0.137. The van der Waals surface area contributed by atoms with Crippen molar-refractivity contribution in [3.05, 3.63) is 29.6 Å². The van der Waals surface area contributed by atoms with Crippen LogP contribution in [0.25, 0.3) is 0 Å². The molecule has 0 aliphatic rings. The summed E-state index contributed by atoms with van der Waals surface area (Å²) >= 11 is 0. The number of hydrogen-bond donors (Lipinski definition) is 2. The highest BCUT2D eigenvalue weighted by Gasteiger charge is 2.09. The topological polar surface area (TPSA) is 64.9 Å². The van der Waals surface area contributed by atoms with Crippen LogP contribution in [0, 0.1) is 17.1 Å². The van der Waals surface area contributed by atoms with Gasteiger partial charge in [-0.1, -0.05) is 13.0 Å². The second-order valence-electron chi connectivity index (χ2n) is 3.10. The van der Waals surface area contributed by atoms with Gasteiger partial charge in [-0.2, -0.15) is 5.26 Å². The fourth-order valence-electron chi connectivity index (χ4n) is 1.17. The van der Waals surface area contributed by atoms with Gasteiger partial charge in [0.15, 0.2) is 0 Å². The minimum Gasteiger partial charge on any atom is -0.324 e. The lowest BCUT2D eigenvalue weighted by Crippen LogP contribution is -2.28. The molecule has 0 heterocycles. The second-order valence-corrected chi connectivity index (χ2v) is 3.10. The molecule has 0 radical (unpaired) electrons. The first-order valence-corrected chi connectivity index (χ1v) is 4.88. The largest absolute Gasteiger partial charge is 0.324 e. The zero-order valence-corrected chi connectivity index (χ0v) is 8.88. The standard InChI is InChI=1S/C11H12FN3O/c1-2-14-7-11(16)15-10-5-3-4-9(12)8(10)6-13/h3-5,14H,2,7H2,1H3,(H,15,16). The maximum absolute atomic E-state index is 13.2. The van der Waals surface area contributed by atoms with E-state index in [0.717, 1.165) is 0 Å². The van der Waals surface area contributed by atoms with Crippen molar-refractivity contribution in [1.82, 2.24) is 5.32 Å². The summed E-state index contributed by atoms with van der Waals surface area (Å²) in [5.74, 6) is -0.937. The highest BCUT2D eigenvalue weighted by atomic mass is 19.1. The fourth-order valence-corrected chi connectivity index (χ4v) is 1.17. The molecule has 0 saturated heterocycles. The quantitative estimate of drug-likeness (QED) is 0.804. The molecule has 0 aromatic heterocycles. The van der Waals surface area contributed by atoms with Gasteiger partial charge in [-0.3, -0.25) is 4.79 Å². The third-order valence-corrected chi connectivity index (χ3v) is 1.94. The molecule has 2 N–H and O–H groups in total. The number of carbonyl (C=O) groups excluding carboxylic acids is 1. The average molecular weight is 221 g/mol. The fraction of sp³-hybridized carbons (Fsp3) is 0.273. The average Bonchev–Trinajstić information content (AvgIpc) is 2.27. The lowest BCUT2D eigenvalue weighted by molar-refractivity contribution is -0.115. The Kier molecular flexibility index (Phi) is 4.42. The van der Waals surface area contributed by atoms with Gasteiger partial charge < -0.3 is 10.6 Å². The summed E-state index contributed by atoms with van der Waals surface area (Å²) in [6, 6.07) is 5.83. The Bertz CT molecular complexity index is 426. The van der Waals surface area contributed by atoms with Gasteiger partial charge in [-0.05, 0) is 18.7 Å². The van der Waals surface area contributed by atoms with Gasteiger partial charge in [0.25, 0.3) is 0 Å². The molecule has 0 atom stereocenters. The van der Waals surface area contributed by atoms with E-state index in [1.165, 1.54) is 18.2 Å². The van der Waals surface area contributed by atoms with E-state index in [1.54, 1.807) is 6.07 Å². The van der Waals surface area contributed by atoms with Crippen molar-refractivity contribution in [2.75, 3.05) is 18.4 Å². The first-order valence-electron chi connectivity index (χ1n) is 4.88. The Morgan fingerprint density at radius 1 is 1.56 bits per heavy atom. The molecule has 16 heavy (non-hydrogen) atoms.